The Hall–Kier alpha value is -4.18. The minimum atomic E-state index is -0.600. The lowest BCUT2D eigenvalue weighted by molar-refractivity contribution is -0.276. The van der Waals surface area contributed by atoms with Gasteiger partial charge in [0.25, 0.3) is 11.8 Å². The third-order valence-corrected chi connectivity index (χ3v) is 9.97. The van der Waals surface area contributed by atoms with E-state index in [1.165, 1.54) is 4.90 Å². The molecule has 2 fully saturated rings. The van der Waals surface area contributed by atoms with Gasteiger partial charge in [0.15, 0.2) is 6.29 Å². The van der Waals surface area contributed by atoms with E-state index >= 15 is 0 Å². The summed E-state index contributed by atoms with van der Waals surface area (Å²) in [5.41, 5.74) is 6.44. The first kappa shape index (κ1) is 31.4. The molecule has 0 bridgehead atoms. The van der Waals surface area contributed by atoms with E-state index in [4.69, 9.17) is 9.47 Å². The maximum atomic E-state index is 13.1. The van der Waals surface area contributed by atoms with Crippen molar-refractivity contribution in [1.29, 1.82) is 0 Å². The fraction of sp³-hybridized carbons (Fsp3) is 0.333. The maximum Gasteiger partial charge on any atom is 0.261 e. The lowest BCUT2D eigenvalue weighted by Crippen LogP contribution is -2.46. The molecule has 7 rings (SSSR count). The van der Waals surface area contributed by atoms with Crippen molar-refractivity contribution in [2.75, 3.05) is 19.7 Å². The molecule has 47 heavy (non-hydrogen) atoms. The SMILES string of the molecule is CC1C(CN2CCCC2CO)OC(c2ccc(-c3ccccc3CN3C(=O)c4ccccc4C3=O)cc2)OC1c1ccc(CO)cc1. The van der Waals surface area contributed by atoms with Crippen LogP contribution in [0.5, 0.6) is 0 Å². The molecular weight excluding hydrogens is 592 g/mol. The van der Waals surface area contributed by atoms with Gasteiger partial charge in [0, 0.05) is 24.1 Å². The molecule has 3 aliphatic rings. The Bertz CT molecular complexity index is 1700. The second-order valence-electron chi connectivity index (χ2n) is 12.8. The van der Waals surface area contributed by atoms with Crippen LogP contribution in [0.3, 0.4) is 0 Å². The summed E-state index contributed by atoms with van der Waals surface area (Å²) in [7, 11) is 0. The number of hydrogen-bond donors (Lipinski definition) is 2. The van der Waals surface area contributed by atoms with Gasteiger partial charge in [0.05, 0.1) is 43.1 Å². The second-order valence-corrected chi connectivity index (χ2v) is 12.8. The van der Waals surface area contributed by atoms with E-state index in [2.05, 4.69) is 11.8 Å². The maximum absolute atomic E-state index is 13.1. The molecule has 2 N–H and O–H groups in total. The fourth-order valence-corrected chi connectivity index (χ4v) is 7.21. The molecule has 3 heterocycles. The van der Waals surface area contributed by atoms with Crippen LogP contribution in [0.15, 0.2) is 97.1 Å². The summed E-state index contributed by atoms with van der Waals surface area (Å²) < 4.78 is 13.4. The molecule has 0 saturated carbocycles. The van der Waals surface area contributed by atoms with Gasteiger partial charge in [-0.25, -0.2) is 0 Å². The van der Waals surface area contributed by atoms with E-state index in [1.54, 1.807) is 24.3 Å². The molecule has 2 amide bonds. The highest BCUT2D eigenvalue weighted by Gasteiger charge is 2.40. The fourth-order valence-electron chi connectivity index (χ4n) is 7.21. The van der Waals surface area contributed by atoms with E-state index in [-0.39, 0.29) is 55.7 Å². The Morgan fingerprint density at radius 1 is 0.766 bits per heavy atom. The molecule has 4 aromatic carbocycles. The van der Waals surface area contributed by atoms with Gasteiger partial charge in [-0.15, -0.1) is 0 Å². The Balaban J connectivity index is 1.14. The van der Waals surface area contributed by atoms with Crippen LogP contribution in [0.25, 0.3) is 11.1 Å². The van der Waals surface area contributed by atoms with Crippen molar-refractivity contribution < 1.29 is 29.3 Å². The van der Waals surface area contributed by atoms with Crippen molar-refractivity contribution >= 4 is 11.8 Å². The first-order chi connectivity index (χ1) is 22.9. The first-order valence-corrected chi connectivity index (χ1v) is 16.4. The highest BCUT2D eigenvalue weighted by Crippen LogP contribution is 2.43. The van der Waals surface area contributed by atoms with E-state index in [0.717, 1.165) is 52.8 Å². The molecule has 2 saturated heterocycles. The van der Waals surface area contributed by atoms with Crippen molar-refractivity contribution in [3.8, 4) is 11.1 Å². The van der Waals surface area contributed by atoms with Crippen LogP contribution in [-0.2, 0) is 22.6 Å². The molecule has 5 unspecified atom stereocenters. The number of hydrogen-bond acceptors (Lipinski definition) is 7. The predicted octanol–water partition coefficient (Wildman–Crippen LogP) is 5.89. The van der Waals surface area contributed by atoms with Gasteiger partial charge >= 0.3 is 0 Å². The van der Waals surface area contributed by atoms with Crippen LogP contribution in [0, 0.1) is 5.92 Å². The van der Waals surface area contributed by atoms with Gasteiger partial charge in [-0.2, -0.15) is 0 Å². The van der Waals surface area contributed by atoms with E-state index in [1.807, 2.05) is 72.8 Å². The van der Waals surface area contributed by atoms with Crippen molar-refractivity contribution in [2.45, 2.75) is 57.5 Å². The summed E-state index contributed by atoms with van der Waals surface area (Å²) in [5, 5.41) is 19.5. The van der Waals surface area contributed by atoms with Crippen LogP contribution >= 0.6 is 0 Å². The van der Waals surface area contributed by atoms with Crippen molar-refractivity contribution in [3.63, 3.8) is 0 Å². The van der Waals surface area contributed by atoms with Crippen LogP contribution in [0.4, 0.5) is 0 Å². The number of imide groups is 1. The molecule has 8 heteroatoms. The molecule has 4 aromatic rings. The average molecular weight is 633 g/mol. The second kappa shape index (κ2) is 13.5. The van der Waals surface area contributed by atoms with Crippen LogP contribution in [0.1, 0.15) is 75.1 Å². The summed E-state index contributed by atoms with van der Waals surface area (Å²) in [4.78, 5) is 29.8. The van der Waals surface area contributed by atoms with E-state index < -0.39 is 6.29 Å². The van der Waals surface area contributed by atoms with Crippen molar-refractivity contribution in [2.24, 2.45) is 5.92 Å². The first-order valence-electron chi connectivity index (χ1n) is 16.4. The average Bonchev–Trinajstić information content (AvgIpc) is 3.67. The monoisotopic (exact) mass is 632 g/mol. The minimum Gasteiger partial charge on any atom is -0.395 e. The van der Waals surface area contributed by atoms with Crippen molar-refractivity contribution in [1.82, 2.24) is 9.80 Å². The third-order valence-electron chi connectivity index (χ3n) is 9.97. The third kappa shape index (κ3) is 6.15. The molecule has 0 spiro atoms. The molecule has 0 aromatic heterocycles. The van der Waals surface area contributed by atoms with Gasteiger partial charge in [0.1, 0.15) is 0 Å². The van der Waals surface area contributed by atoms with E-state index in [9.17, 15) is 19.8 Å². The standard InChI is InChI=1S/C39H40N2O6/c1-25-35(22-40-20-6-8-31(40)24-43)46-39(47-36(25)28-14-12-26(23-42)13-15-28)29-18-16-27(17-19-29)32-9-3-2-7-30(32)21-41-37(44)33-10-4-5-11-34(33)38(41)45/h2-5,7,9-19,25,31,35-36,39,42-43H,6,8,20-24H2,1H3. The number of aliphatic hydroxyl groups excluding tert-OH is 2. The summed E-state index contributed by atoms with van der Waals surface area (Å²) in [5.74, 6) is -0.490. The highest BCUT2D eigenvalue weighted by molar-refractivity contribution is 6.21. The number of ether oxygens (including phenoxy) is 2. The summed E-state index contributed by atoms with van der Waals surface area (Å²) in [6.07, 6.45) is 1.11. The number of aliphatic hydroxyl groups is 2. The molecule has 8 nitrogen and oxygen atoms in total. The molecule has 5 atom stereocenters. The number of rotatable bonds is 9. The number of carbonyl (C=O) groups excluding carboxylic acids is 2. The minimum absolute atomic E-state index is 0.0129. The largest absolute Gasteiger partial charge is 0.395 e. The zero-order chi connectivity index (χ0) is 32.5. The predicted molar refractivity (Wildman–Crippen MR) is 177 cm³/mol. The zero-order valence-corrected chi connectivity index (χ0v) is 26.5. The number of likely N-dealkylation sites (tertiary alicyclic amines) is 1. The lowest BCUT2D eigenvalue weighted by atomic mass is 9.89. The summed E-state index contributed by atoms with van der Waals surface area (Å²) in [6.45, 7) is 4.11. The van der Waals surface area contributed by atoms with Crippen LogP contribution < -0.4 is 0 Å². The van der Waals surface area contributed by atoms with E-state index in [0.29, 0.717) is 17.7 Å². The smallest absolute Gasteiger partial charge is 0.261 e. The molecule has 0 aliphatic carbocycles. The quantitative estimate of drug-likeness (QED) is 0.222. The zero-order valence-electron chi connectivity index (χ0n) is 26.5. The van der Waals surface area contributed by atoms with Gasteiger partial charge < -0.3 is 19.7 Å². The lowest BCUT2D eigenvalue weighted by Gasteiger charge is -2.43. The number of carbonyl (C=O) groups is 2. The van der Waals surface area contributed by atoms with Gasteiger partial charge in [0.2, 0.25) is 0 Å². The van der Waals surface area contributed by atoms with Gasteiger partial charge in [-0.1, -0.05) is 91.9 Å². The Morgan fingerprint density at radius 3 is 2.06 bits per heavy atom. The molecule has 0 radical (unpaired) electrons. The van der Waals surface area contributed by atoms with Crippen LogP contribution in [0.2, 0.25) is 0 Å². The molecule has 3 aliphatic heterocycles. The number of benzene rings is 4. The topological polar surface area (TPSA) is 99.5 Å². The summed E-state index contributed by atoms with van der Waals surface area (Å²) >= 11 is 0. The summed E-state index contributed by atoms with van der Waals surface area (Å²) in [6, 6.07) is 30.9. The van der Waals surface area contributed by atoms with Gasteiger partial charge in [-0.3, -0.25) is 19.4 Å². The Kier molecular flexibility index (Phi) is 9.03. The Morgan fingerprint density at radius 2 is 1.40 bits per heavy atom. The number of fused-ring (bicyclic) bond motifs is 1. The number of amides is 2. The molecular formula is C39H40N2O6. The van der Waals surface area contributed by atoms with Crippen molar-refractivity contribution in [3.05, 3.63) is 130 Å². The highest BCUT2D eigenvalue weighted by atomic mass is 16.7. The Labute approximate surface area is 275 Å². The van der Waals surface area contributed by atoms with Crippen LogP contribution in [-0.4, -0.2) is 63.7 Å². The normalized spacial score (nSPS) is 24.6. The number of nitrogens with zero attached hydrogens (tertiary/aromatic N) is 2. The molecule has 242 valence electrons. The van der Waals surface area contributed by atoms with Gasteiger partial charge in [-0.05, 0) is 59.3 Å².